The van der Waals surface area contributed by atoms with E-state index in [9.17, 15) is 0 Å². The topological polar surface area (TPSA) is 37.8 Å². The van der Waals surface area contributed by atoms with Gasteiger partial charge in [-0.3, -0.25) is 0 Å². The van der Waals surface area contributed by atoms with Gasteiger partial charge in [-0.15, -0.1) is 6.58 Å². The van der Waals surface area contributed by atoms with Crippen LogP contribution in [0, 0.1) is 0 Å². The van der Waals surface area contributed by atoms with Crippen molar-refractivity contribution in [2.45, 2.75) is 51.5 Å². The first-order valence-electron chi connectivity index (χ1n) is 6.99. The Kier molecular flexibility index (Phi) is 8.06. The summed E-state index contributed by atoms with van der Waals surface area (Å²) in [6.45, 7) is 7.00. The molecule has 1 aromatic rings. The van der Waals surface area contributed by atoms with Crippen LogP contribution in [0.2, 0.25) is 0 Å². The van der Waals surface area contributed by atoms with Gasteiger partial charge in [0, 0.05) is 12.2 Å². The fourth-order valence-corrected chi connectivity index (χ4v) is 2.03. The molecule has 0 spiro atoms. The first-order chi connectivity index (χ1) is 8.88. The van der Waals surface area contributed by atoms with E-state index >= 15 is 0 Å². The molecule has 18 heavy (non-hydrogen) atoms. The van der Waals surface area contributed by atoms with E-state index in [1.54, 1.807) is 6.20 Å². The van der Waals surface area contributed by atoms with E-state index in [1.807, 2.05) is 12.3 Å². The molecule has 100 valence electrons. The van der Waals surface area contributed by atoms with E-state index in [4.69, 9.17) is 0 Å². The van der Waals surface area contributed by atoms with Crippen molar-refractivity contribution in [3.8, 4) is 0 Å². The summed E-state index contributed by atoms with van der Waals surface area (Å²) in [7, 11) is 0. The Morgan fingerprint density at radius 2 is 2.22 bits per heavy atom. The van der Waals surface area contributed by atoms with E-state index in [2.05, 4.69) is 35.1 Å². The minimum absolute atomic E-state index is 0.421. The lowest BCUT2D eigenvalue weighted by atomic mass is 10.0. The Morgan fingerprint density at radius 3 is 2.89 bits per heavy atom. The second kappa shape index (κ2) is 9.77. The van der Waals surface area contributed by atoms with Crippen LogP contribution in [0.1, 0.15) is 57.1 Å². The molecule has 0 aliphatic carbocycles. The molecule has 3 heteroatoms. The van der Waals surface area contributed by atoms with Crippen LogP contribution in [0.25, 0.3) is 0 Å². The number of allylic oxidation sites excluding steroid dienone is 1. The molecule has 1 rings (SSSR count). The Bertz CT molecular complexity index is 311. The molecular weight excluding hydrogens is 222 g/mol. The molecule has 0 aromatic carbocycles. The van der Waals surface area contributed by atoms with Crippen molar-refractivity contribution in [2.75, 3.05) is 6.54 Å². The fourth-order valence-electron chi connectivity index (χ4n) is 2.03. The lowest BCUT2D eigenvalue weighted by molar-refractivity contribution is 0.470. The van der Waals surface area contributed by atoms with Crippen molar-refractivity contribution in [3.63, 3.8) is 0 Å². The van der Waals surface area contributed by atoms with Gasteiger partial charge in [0.05, 0.1) is 6.20 Å². The number of hydrogen-bond donors (Lipinski definition) is 1. The van der Waals surface area contributed by atoms with Crippen molar-refractivity contribution in [2.24, 2.45) is 0 Å². The second-order valence-corrected chi connectivity index (χ2v) is 4.61. The maximum absolute atomic E-state index is 3.97. The molecule has 0 bridgehead atoms. The lowest BCUT2D eigenvalue weighted by Crippen LogP contribution is -2.22. The molecule has 0 aliphatic heterocycles. The Hall–Kier alpha value is -1.22. The highest BCUT2D eigenvalue weighted by molar-refractivity contribution is 5.11. The largest absolute Gasteiger partial charge is 0.310 e. The lowest BCUT2D eigenvalue weighted by Gasteiger charge is -2.18. The molecule has 0 radical (unpaired) electrons. The minimum Gasteiger partial charge on any atom is -0.310 e. The number of rotatable bonds is 10. The molecule has 1 heterocycles. The third kappa shape index (κ3) is 5.92. The van der Waals surface area contributed by atoms with Crippen LogP contribution in [0.3, 0.4) is 0 Å². The molecule has 0 saturated heterocycles. The Labute approximate surface area is 111 Å². The third-order valence-corrected chi connectivity index (χ3v) is 3.05. The molecular formula is C15H25N3. The molecule has 3 nitrogen and oxygen atoms in total. The van der Waals surface area contributed by atoms with Gasteiger partial charge < -0.3 is 5.32 Å². The highest BCUT2D eigenvalue weighted by Gasteiger charge is 2.10. The Balaban J connectivity index is 2.38. The van der Waals surface area contributed by atoms with Gasteiger partial charge in [0.25, 0.3) is 0 Å². The number of aromatic nitrogens is 2. The van der Waals surface area contributed by atoms with Gasteiger partial charge in [0.1, 0.15) is 0 Å². The number of nitrogens with one attached hydrogen (secondary N) is 1. The first-order valence-corrected chi connectivity index (χ1v) is 6.99. The van der Waals surface area contributed by atoms with Gasteiger partial charge in [0.15, 0.2) is 0 Å². The van der Waals surface area contributed by atoms with Crippen LogP contribution >= 0.6 is 0 Å². The quantitative estimate of drug-likeness (QED) is 0.506. The molecule has 1 aromatic heterocycles. The van der Waals surface area contributed by atoms with Gasteiger partial charge in [0.2, 0.25) is 0 Å². The van der Waals surface area contributed by atoms with Crippen LogP contribution in [0.4, 0.5) is 0 Å². The third-order valence-electron chi connectivity index (χ3n) is 3.05. The average molecular weight is 247 g/mol. The van der Waals surface area contributed by atoms with Crippen molar-refractivity contribution in [3.05, 3.63) is 36.7 Å². The van der Waals surface area contributed by atoms with Crippen molar-refractivity contribution < 1.29 is 0 Å². The van der Waals surface area contributed by atoms with Crippen LogP contribution in [0.15, 0.2) is 31.1 Å². The molecule has 1 N–H and O–H groups in total. The van der Waals surface area contributed by atoms with Crippen LogP contribution < -0.4 is 5.32 Å². The molecule has 0 fully saturated rings. The van der Waals surface area contributed by atoms with Gasteiger partial charge in [-0.25, -0.2) is 0 Å². The van der Waals surface area contributed by atoms with E-state index in [0.717, 1.165) is 19.4 Å². The highest BCUT2D eigenvalue weighted by atomic mass is 15.1. The van der Waals surface area contributed by atoms with Crippen LogP contribution in [-0.4, -0.2) is 16.7 Å². The number of unbranched alkanes of at least 4 members (excludes halogenated alkanes) is 3. The maximum Gasteiger partial charge on any atom is 0.0544 e. The van der Waals surface area contributed by atoms with E-state index in [-0.39, 0.29) is 0 Å². The van der Waals surface area contributed by atoms with E-state index < -0.39 is 0 Å². The van der Waals surface area contributed by atoms with Gasteiger partial charge in [-0.2, -0.15) is 10.2 Å². The van der Waals surface area contributed by atoms with Crippen molar-refractivity contribution >= 4 is 0 Å². The minimum atomic E-state index is 0.421. The first kappa shape index (κ1) is 14.8. The van der Waals surface area contributed by atoms with Gasteiger partial charge >= 0.3 is 0 Å². The smallest absolute Gasteiger partial charge is 0.0544 e. The summed E-state index contributed by atoms with van der Waals surface area (Å²) in [5, 5.41) is 11.4. The summed E-state index contributed by atoms with van der Waals surface area (Å²) in [5.74, 6) is 0. The van der Waals surface area contributed by atoms with Crippen molar-refractivity contribution in [1.82, 2.24) is 15.5 Å². The zero-order chi connectivity index (χ0) is 13.1. The van der Waals surface area contributed by atoms with Crippen LogP contribution in [-0.2, 0) is 0 Å². The summed E-state index contributed by atoms with van der Waals surface area (Å²) >= 11 is 0. The zero-order valence-electron chi connectivity index (χ0n) is 11.4. The van der Waals surface area contributed by atoms with Gasteiger partial charge in [-0.1, -0.05) is 25.8 Å². The SMILES string of the molecule is C=CCCCCCC(NCCC)c1ccnnc1. The molecule has 0 amide bonds. The normalized spacial score (nSPS) is 12.3. The average Bonchev–Trinajstić information content (AvgIpc) is 2.43. The van der Waals surface area contributed by atoms with Gasteiger partial charge in [-0.05, 0) is 43.9 Å². The van der Waals surface area contributed by atoms with E-state index in [0.29, 0.717) is 6.04 Å². The Morgan fingerprint density at radius 1 is 1.33 bits per heavy atom. The summed E-state index contributed by atoms with van der Waals surface area (Å²) in [4.78, 5) is 0. The predicted molar refractivity (Wildman–Crippen MR) is 76.3 cm³/mol. The number of hydrogen-bond acceptors (Lipinski definition) is 3. The number of nitrogens with zero attached hydrogens (tertiary/aromatic N) is 2. The monoisotopic (exact) mass is 247 g/mol. The zero-order valence-corrected chi connectivity index (χ0v) is 11.4. The van der Waals surface area contributed by atoms with Crippen molar-refractivity contribution in [1.29, 1.82) is 0 Å². The van der Waals surface area contributed by atoms with Crippen LogP contribution in [0.5, 0.6) is 0 Å². The summed E-state index contributed by atoms with van der Waals surface area (Å²) in [6.07, 6.45) is 12.9. The molecule has 0 saturated carbocycles. The fraction of sp³-hybridized carbons (Fsp3) is 0.600. The molecule has 1 atom stereocenters. The maximum atomic E-state index is 3.97. The molecule has 1 unspecified atom stereocenters. The summed E-state index contributed by atoms with van der Waals surface area (Å²) in [6, 6.07) is 2.48. The predicted octanol–water partition coefficient (Wildman–Crippen LogP) is 3.65. The second-order valence-electron chi connectivity index (χ2n) is 4.61. The summed E-state index contributed by atoms with van der Waals surface area (Å²) in [5.41, 5.74) is 1.25. The summed E-state index contributed by atoms with van der Waals surface area (Å²) < 4.78 is 0. The molecule has 0 aliphatic rings. The van der Waals surface area contributed by atoms with E-state index in [1.165, 1.54) is 31.2 Å². The highest BCUT2D eigenvalue weighted by Crippen LogP contribution is 2.19. The standard InChI is InChI=1S/C15H25N3/c1-3-5-6-7-8-9-15(16-11-4-2)14-10-12-17-18-13-14/h3,10,12-13,15-16H,1,4-9,11H2,2H3.